The van der Waals surface area contributed by atoms with Crippen molar-refractivity contribution >= 4 is 0 Å². The van der Waals surface area contributed by atoms with Gasteiger partial charge in [-0.25, -0.2) is 0 Å². The van der Waals surface area contributed by atoms with Crippen LogP contribution in [-0.4, -0.2) is 6.61 Å². The molecule has 0 radical (unpaired) electrons. The second kappa shape index (κ2) is 3.94. The van der Waals surface area contributed by atoms with Gasteiger partial charge in [0.25, 0.3) is 0 Å². The highest BCUT2D eigenvalue weighted by molar-refractivity contribution is 5.45. The molecule has 15 heavy (non-hydrogen) atoms. The first-order chi connectivity index (χ1) is 7.32. The van der Waals surface area contributed by atoms with Gasteiger partial charge < -0.3 is 4.74 Å². The molecule has 0 bridgehead atoms. The molecule has 0 aliphatic carbocycles. The van der Waals surface area contributed by atoms with Gasteiger partial charge in [0.15, 0.2) is 0 Å². The summed E-state index contributed by atoms with van der Waals surface area (Å²) in [4.78, 5) is 0. The van der Waals surface area contributed by atoms with Crippen molar-refractivity contribution in [3.05, 3.63) is 29.8 Å². The SMILES string of the molecule is CCCC1(C#N)CCOc2ccccc21. The van der Waals surface area contributed by atoms with Crippen LogP contribution in [0.1, 0.15) is 31.7 Å². The first-order valence-electron chi connectivity index (χ1n) is 5.46. The maximum absolute atomic E-state index is 9.41. The van der Waals surface area contributed by atoms with E-state index in [1.807, 2.05) is 24.3 Å². The van der Waals surface area contributed by atoms with Crippen LogP contribution in [0.25, 0.3) is 0 Å². The first-order valence-corrected chi connectivity index (χ1v) is 5.46. The molecule has 78 valence electrons. The van der Waals surface area contributed by atoms with Crippen molar-refractivity contribution in [1.29, 1.82) is 5.26 Å². The van der Waals surface area contributed by atoms with E-state index in [0.29, 0.717) is 6.61 Å². The summed E-state index contributed by atoms with van der Waals surface area (Å²) < 4.78 is 5.58. The molecular formula is C13H15NO. The third-order valence-corrected chi connectivity index (χ3v) is 3.08. The van der Waals surface area contributed by atoms with Crippen LogP contribution >= 0.6 is 0 Å². The summed E-state index contributed by atoms with van der Waals surface area (Å²) in [5.41, 5.74) is 0.754. The number of para-hydroxylation sites is 1. The minimum Gasteiger partial charge on any atom is -0.493 e. The number of hydrogen-bond donors (Lipinski definition) is 0. The van der Waals surface area contributed by atoms with Crippen LogP contribution < -0.4 is 4.74 Å². The molecule has 0 amide bonds. The number of nitriles is 1. The summed E-state index contributed by atoms with van der Waals surface area (Å²) in [5, 5.41) is 9.41. The fourth-order valence-corrected chi connectivity index (χ4v) is 2.32. The van der Waals surface area contributed by atoms with Crippen molar-refractivity contribution in [2.24, 2.45) is 0 Å². The summed E-state index contributed by atoms with van der Waals surface area (Å²) in [6, 6.07) is 10.4. The fraction of sp³-hybridized carbons (Fsp3) is 0.462. The van der Waals surface area contributed by atoms with E-state index in [0.717, 1.165) is 30.6 Å². The lowest BCUT2D eigenvalue weighted by molar-refractivity contribution is 0.235. The summed E-state index contributed by atoms with van der Waals surface area (Å²) in [7, 11) is 0. The zero-order valence-electron chi connectivity index (χ0n) is 8.99. The van der Waals surface area contributed by atoms with Crippen LogP contribution in [0, 0.1) is 11.3 Å². The zero-order chi connectivity index (χ0) is 10.7. The summed E-state index contributed by atoms with van der Waals surface area (Å²) >= 11 is 0. The third-order valence-electron chi connectivity index (χ3n) is 3.08. The summed E-state index contributed by atoms with van der Waals surface area (Å²) in [6.07, 6.45) is 2.76. The van der Waals surface area contributed by atoms with E-state index >= 15 is 0 Å². The van der Waals surface area contributed by atoms with Gasteiger partial charge in [0.2, 0.25) is 0 Å². The van der Waals surface area contributed by atoms with Crippen LogP contribution in [0.4, 0.5) is 0 Å². The standard InChI is InChI=1S/C13H15NO/c1-2-7-13(10-14)8-9-15-12-6-4-3-5-11(12)13/h3-6H,2,7-9H2,1H3. The molecule has 1 heterocycles. The molecule has 0 aromatic heterocycles. The lowest BCUT2D eigenvalue weighted by atomic mass is 9.74. The molecule has 1 atom stereocenters. The number of rotatable bonds is 2. The van der Waals surface area contributed by atoms with Crippen molar-refractivity contribution in [3.8, 4) is 11.8 Å². The molecule has 1 aliphatic heterocycles. The number of hydrogen-bond acceptors (Lipinski definition) is 2. The number of ether oxygens (including phenoxy) is 1. The second-order valence-corrected chi connectivity index (χ2v) is 4.04. The molecule has 1 aromatic carbocycles. The van der Waals surface area contributed by atoms with Gasteiger partial charge in [0.1, 0.15) is 5.75 Å². The normalized spacial score (nSPS) is 23.7. The van der Waals surface area contributed by atoms with E-state index in [2.05, 4.69) is 13.0 Å². The van der Waals surface area contributed by atoms with E-state index in [1.165, 1.54) is 0 Å². The Bertz CT molecular complexity index is 394. The smallest absolute Gasteiger partial charge is 0.124 e. The highest BCUT2D eigenvalue weighted by Crippen LogP contribution is 2.41. The van der Waals surface area contributed by atoms with Crippen LogP contribution in [0.15, 0.2) is 24.3 Å². The average Bonchev–Trinajstić information content (AvgIpc) is 2.30. The van der Waals surface area contributed by atoms with E-state index in [9.17, 15) is 5.26 Å². The van der Waals surface area contributed by atoms with Crippen molar-refractivity contribution < 1.29 is 4.74 Å². The van der Waals surface area contributed by atoms with Gasteiger partial charge in [0.05, 0.1) is 18.1 Å². The Morgan fingerprint density at radius 3 is 3.00 bits per heavy atom. The number of benzene rings is 1. The number of nitrogens with zero attached hydrogens (tertiary/aromatic N) is 1. The zero-order valence-corrected chi connectivity index (χ0v) is 8.99. The Balaban J connectivity index is 2.48. The van der Waals surface area contributed by atoms with Crippen molar-refractivity contribution in [3.63, 3.8) is 0 Å². The molecule has 1 unspecified atom stereocenters. The maximum atomic E-state index is 9.41. The Labute approximate surface area is 90.5 Å². The largest absolute Gasteiger partial charge is 0.493 e. The average molecular weight is 201 g/mol. The van der Waals surface area contributed by atoms with Gasteiger partial charge in [-0.3, -0.25) is 0 Å². The third kappa shape index (κ3) is 1.59. The molecule has 1 aliphatic rings. The predicted molar refractivity (Wildman–Crippen MR) is 58.8 cm³/mol. The van der Waals surface area contributed by atoms with Gasteiger partial charge >= 0.3 is 0 Å². The van der Waals surface area contributed by atoms with Gasteiger partial charge in [-0.05, 0) is 12.5 Å². The summed E-state index contributed by atoms with van der Waals surface area (Å²) in [5.74, 6) is 0.888. The Morgan fingerprint density at radius 1 is 1.47 bits per heavy atom. The lowest BCUT2D eigenvalue weighted by Crippen LogP contribution is -2.31. The van der Waals surface area contributed by atoms with E-state index in [-0.39, 0.29) is 5.41 Å². The second-order valence-electron chi connectivity index (χ2n) is 4.04. The molecule has 1 aromatic rings. The molecule has 2 nitrogen and oxygen atoms in total. The molecule has 2 rings (SSSR count). The Kier molecular flexibility index (Phi) is 2.64. The van der Waals surface area contributed by atoms with Crippen molar-refractivity contribution in [2.75, 3.05) is 6.61 Å². The predicted octanol–water partition coefficient (Wildman–Crippen LogP) is 3.03. The van der Waals surface area contributed by atoms with Crippen LogP contribution in [0.2, 0.25) is 0 Å². The Hall–Kier alpha value is -1.49. The van der Waals surface area contributed by atoms with Gasteiger partial charge in [0, 0.05) is 12.0 Å². The van der Waals surface area contributed by atoms with E-state index in [4.69, 9.17) is 4.74 Å². The molecule has 0 saturated heterocycles. The quantitative estimate of drug-likeness (QED) is 0.736. The fourth-order valence-electron chi connectivity index (χ4n) is 2.32. The number of fused-ring (bicyclic) bond motifs is 1. The monoisotopic (exact) mass is 201 g/mol. The lowest BCUT2D eigenvalue weighted by Gasteiger charge is -2.32. The van der Waals surface area contributed by atoms with Gasteiger partial charge in [-0.1, -0.05) is 31.5 Å². The topological polar surface area (TPSA) is 33.0 Å². The molecule has 0 saturated carbocycles. The van der Waals surface area contributed by atoms with Crippen LogP contribution in [-0.2, 0) is 5.41 Å². The molecule has 0 spiro atoms. The van der Waals surface area contributed by atoms with E-state index < -0.39 is 0 Å². The van der Waals surface area contributed by atoms with Crippen LogP contribution in [0.5, 0.6) is 5.75 Å². The Morgan fingerprint density at radius 2 is 2.27 bits per heavy atom. The molecule has 0 fully saturated rings. The van der Waals surface area contributed by atoms with Gasteiger partial charge in [-0.2, -0.15) is 5.26 Å². The van der Waals surface area contributed by atoms with Gasteiger partial charge in [-0.15, -0.1) is 0 Å². The minimum atomic E-state index is -0.316. The molecular weight excluding hydrogens is 186 g/mol. The van der Waals surface area contributed by atoms with Crippen molar-refractivity contribution in [2.45, 2.75) is 31.6 Å². The molecule has 2 heteroatoms. The minimum absolute atomic E-state index is 0.316. The summed E-state index contributed by atoms with van der Waals surface area (Å²) in [6.45, 7) is 2.78. The highest BCUT2D eigenvalue weighted by Gasteiger charge is 2.36. The van der Waals surface area contributed by atoms with Crippen molar-refractivity contribution in [1.82, 2.24) is 0 Å². The maximum Gasteiger partial charge on any atom is 0.124 e. The first kappa shape index (κ1) is 10.0. The highest BCUT2D eigenvalue weighted by atomic mass is 16.5. The van der Waals surface area contributed by atoms with E-state index in [1.54, 1.807) is 0 Å². The van der Waals surface area contributed by atoms with Crippen LogP contribution in [0.3, 0.4) is 0 Å². The molecule has 0 N–H and O–H groups in total.